The first-order chi connectivity index (χ1) is 22.7. The first kappa shape index (κ1) is 36.4. The Morgan fingerprint density at radius 1 is 0.681 bits per heavy atom. The second-order valence-electron chi connectivity index (χ2n) is 10.9. The van der Waals surface area contributed by atoms with E-state index in [1.54, 1.807) is 24.3 Å². The van der Waals surface area contributed by atoms with Crippen molar-refractivity contribution >= 4 is 17.9 Å². The van der Waals surface area contributed by atoms with Gasteiger partial charge in [-0.25, -0.2) is 4.79 Å². The van der Waals surface area contributed by atoms with E-state index in [0.717, 1.165) is 12.5 Å². The van der Waals surface area contributed by atoms with Gasteiger partial charge in [0, 0.05) is 35.2 Å². The van der Waals surface area contributed by atoms with Crippen molar-refractivity contribution in [3.63, 3.8) is 0 Å². The van der Waals surface area contributed by atoms with Gasteiger partial charge in [-0.1, -0.05) is 60.7 Å². The molecule has 0 saturated carbocycles. The molecule has 47 heavy (non-hydrogen) atoms. The van der Waals surface area contributed by atoms with E-state index in [2.05, 4.69) is 0 Å². The summed E-state index contributed by atoms with van der Waals surface area (Å²) in [6.07, 6.45) is -12.3. The summed E-state index contributed by atoms with van der Waals surface area (Å²) in [4.78, 5) is 37.3. The molecule has 0 spiro atoms. The molecule has 2 aromatic carbocycles. The predicted octanol–water partition coefficient (Wildman–Crippen LogP) is 1.68. The van der Waals surface area contributed by atoms with Crippen molar-refractivity contribution in [1.29, 1.82) is 0 Å². The van der Waals surface area contributed by atoms with Crippen molar-refractivity contribution in [2.75, 3.05) is 27.9 Å². The molecule has 14 heteroatoms. The van der Waals surface area contributed by atoms with Gasteiger partial charge in [0.15, 0.2) is 24.8 Å². The summed E-state index contributed by atoms with van der Waals surface area (Å²) in [6, 6.07) is 18.3. The number of aliphatic hydroxyl groups excluding tert-OH is 1. The van der Waals surface area contributed by atoms with Crippen LogP contribution in [0.25, 0.3) is 0 Å². The monoisotopic (exact) mass is 662 g/mol. The second kappa shape index (κ2) is 17.6. The topological polar surface area (TPSA) is 164 Å². The molecule has 0 aromatic heterocycles. The zero-order valence-corrected chi connectivity index (χ0v) is 26.9. The van der Waals surface area contributed by atoms with Crippen LogP contribution >= 0.6 is 0 Å². The number of hydrogen-bond donors (Lipinski definition) is 1. The Morgan fingerprint density at radius 3 is 1.85 bits per heavy atom. The quantitative estimate of drug-likeness (QED) is 0.230. The van der Waals surface area contributed by atoms with Gasteiger partial charge in [0.2, 0.25) is 0 Å². The zero-order valence-electron chi connectivity index (χ0n) is 26.9. The van der Waals surface area contributed by atoms with E-state index in [1.807, 2.05) is 36.4 Å². The van der Waals surface area contributed by atoms with Crippen LogP contribution < -0.4 is 0 Å². The molecule has 2 aliphatic rings. The Kier molecular flexibility index (Phi) is 13.6. The maximum Gasteiger partial charge on any atom is 0.338 e. The third-order valence-corrected chi connectivity index (χ3v) is 7.67. The van der Waals surface area contributed by atoms with Gasteiger partial charge in [0.05, 0.1) is 6.61 Å². The van der Waals surface area contributed by atoms with Crippen molar-refractivity contribution in [2.45, 2.75) is 88.5 Å². The molecule has 2 fully saturated rings. The van der Waals surface area contributed by atoms with Gasteiger partial charge in [-0.2, -0.15) is 0 Å². The van der Waals surface area contributed by atoms with Crippen LogP contribution in [0.3, 0.4) is 0 Å². The number of rotatable bonds is 14. The fraction of sp³-hybridized carbons (Fsp3) is 0.545. The predicted molar refractivity (Wildman–Crippen MR) is 160 cm³/mol. The number of carbonyl (C=O) groups excluding carboxylic acids is 3. The maximum absolute atomic E-state index is 13.3. The summed E-state index contributed by atoms with van der Waals surface area (Å²) in [5.41, 5.74) is 1.58. The first-order valence-corrected chi connectivity index (χ1v) is 15.1. The van der Waals surface area contributed by atoms with Gasteiger partial charge in [0.1, 0.15) is 49.8 Å². The molecule has 258 valence electrons. The highest BCUT2D eigenvalue weighted by atomic mass is 16.8. The molecule has 0 bridgehead atoms. The highest BCUT2D eigenvalue weighted by Crippen LogP contribution is 2.34. The highest BCUT2D eigenvalue weighted by Gasteiger charge is 2.55. The molecule has 14 nitrogen and oxygen atoms in total. The molecule has 1 N–H and O–H groups in total. The SMILES string of the molecule is COC1C(OCc2ccccc2)[C@@H](OC)O[C@@H](COC(C)=O)[C@H]1O[C@@H]1OC(C(=O)OCc2ccccc2)[C@@H](O)[C@H](OC)C1OC(C)=O. The van der Waals surface area contributed by atoms with Crippen molar-refractivity contribution in [2.24, 2.45) is 0 Å². The van der Waals surface area contributed by atoms with Crippen LogP contribution in [0.5, 0.6) is 0 Å². The Balaban J connectivity index is 1.63. The molecule has 2 aliphatic heterocycles. The number of benzene rings is 2. The summed E-state index contributed by atoms with van der Waals surface area (Å²) in [5, 5.41) is 11.1. The summed E-state index contributed by atoms with van der Waals surface area (Å²) in [5.74, 6) is -2.20. The van der Waals surface area contributed by atoms with Crippen molar-refractivity contribution in [1.82, 2.24) is 0 Å². The van der Waals surface area contributed by atoms with Crippen LogP contribution in [0.2, 0.25) is 0 Å². The van der Waals surface area contributed by atoms with Gasteiger partial charge in [-0.3, -0.25) is 9.59 Å². The summed E-state index contributed by atoms with van der Waals surface area (Å²) in [6.45, 7) is 2.20. The molecule has 0 amide bonds. The molecule has 4 unspecified atom stereocenters. The van der Waals surface area contributed by atoms with E-state index in [0.29, 0.717) is 5.56 Å². The second-order valence-corrected chi connectivity index (χ2v) is 10.9. The smallest absolute Gasteiger partial charge is 0.338 e. The van der Waals surface area contributed by atoms with E-state index >= 15 is 0 Å². The molecule has 0 radical (unpaired) electrons. The first-order valence-electron chi connectivity index (χ1n) is 15.1. The largest absolute Gasteiger partial charge is 0.463 e. The average Bonchev–Trinajstić information content (AvgIpc) is 3.07. The standard InChI is InChI=1S/C33H42O14/c1-19(34)41-18-23-25(28(39-4)29(32(40-5)45-23)42-16-21-12-8-6-9-13-21)46-33-30(44-20(2)35)26(38-3)24(36)27(47-33)31(37)43-17-22-14-10-7-11-15-22/h6-15,23-30,32-33,36H,16-18H2,1-5H3/t23-,24-,25+,26-,27?,28?,29?,30?,32-,33+/m0/s1. The average molecular weight is 663 g/mol. The van der Waals surface area contributed by atoms with Crippen LogP contribution in [0.1, 0.15) is 25.0 Å². The van der Waals surface area contributed by atoms with Gasteiger partial charge < -0.3 is 52.5 Å². The Labute approximate surface area is 273 Å². The molecule has 2 heterocycles. The zero-order chi connectivity index (χ0) is 33.9. The normalized spacial score (nSPS) is 30.7. The molecular formula is C33H42O14. The maximum atomic E-state index is 13.3. The summed E-state index contributed by atoms with van der Waals surface area (Å²) in [7, 11) is 4.13. The van der Waals surface area contributed by atoms with E-state index in [-0.39, 0.29) is 19.8 Å². The van der Waals surface area contributed by atoms with E-state index in [4.69, 9.17) is 47.4 Å². The fourth-order valence-electron chi connectivity index (χ4n) is 5.46. The summed E-state index contributed by atoms with van der Waals surface area (Å²) < 4.78 is 58.0. The summed E-state index contributed by atoms with van der Waals surface area (Å²) >= 11 is 0. The van der Waals surface area contributed by atoms with Gasteiger partial charge in [0.25, 0.3) is 0 Å². The Hall–Kier alpha value is -3.47. The van der Waals surface area contributed by atoms with Gasteiger partial charge >= 0.3 is 17.9 Å². The third-order valence-electron chi connectivity index (χ3n) is 7.67. The highest BCUT2D eigenvalue weighted by molar-refractivity contribution is 5.76. The molecule has 0 aliphatic carbocycles. The fourth-order valence-corrected chi connectivity index (χ4v) is 5.46. The van der Waals surface area contributed by atoms with E-state index in [1.165, 1.54) is 28.3 Å². The van der Waals surface area contributed by atoms with Crippen LogP contribution in [0, 0.1) is 0 Å². The Bertz CT molecular complexity index is 1280. The minimum atomic E-state index is -1.61. The van der Waals surface area contributed by atoms with Crippen LogP contribution in [0.15, 0.2) is 60.7 Å². The minimum Gasteiger partial charge on any atom is -0.463 e. The number of methoxy groups -OCH3 is 3. The van der Waals surface area contributed by atoms with Crippen LogP contribution in [-0.4, -0.2) is 112 Å². The number of ether oxygens (including phenoxy) is 10. The van der Waals surface area contributed by atoms with Gasteiger partial charge in [-0.05, 0) is 11.1 Å². The molecule has 2 saturated heterocycles. The minimum absolute atomic E-state index is 0.0890. The lowest BCUT2D eigenvalue weighted by Crippen LogP contribution is -2.66. The van der Waals surface area contributed by atoms with Crippen LogP contribution in [-0.2, 0) is 75.0 Å². The Morgan fingerprint density at radius 2 is 1.30 bits per heavy atom. The van der Waals surface area contributed by atoms with Crippen LogP contribution in [0.4, 0.5) is 0 Å². The number of carbonyl (C=O) groups is 3. The van der Waals surface area contributed by atoms with Crippen molar-refractivity contribution < 1.29 is 66.9 Å². The lowest BCUT2D eigenvalue weighted by Gasteiger charge is -2.48. The van der Waals surface area contributed by atoms with E-state index in [9.17, 15) is 19.5 Å². The van der Waals surface area contributed by atoms with Crippen molar-refractivity contribution in [3.8, 4) is 0 Å². The molecule has 4 rings (SSSR count). The number of aliphatic hydroxyl groups is 1. The molecular weight excluding hydrogens is 620 g/mol. The van der Waals surface area contributed by atoms with Gasteiger partial charge in [-0.15, -0.1) is 0 Å². The lowest BCUT2D eigenvalue weighted by molar-refractivity contribution is -0.361. The lowest BCUT2D eigenvalue weighted by atomic mass is 9.96. The molecule has 10 atom stereocenters. The number of hydrogen-bond acceptors (Lipinski definition) is 14. The van der Waals surface area contributed by atoms with Crippen molar-refractivity contribution in [3.05, 3.63) is 71.8 Å². The number of esters is 3. The molecule has 2 aromatic rings. The van der Waals surface area contributed by atoms with E-state index < -0.39 is 79.3 Å². The third kappa shape index (κ3) is 9.55.